The molecule has 0 atom stereocenters. The highest BCUT2D eigenvalue weighted by molar-refractivity contribution is 14.1. The lowest BCUT2D eigenvalue weighted by molar-refractivity contribution is 0.515. The molecule has 19 heavy (non-hydrogen) atoms. The molecule has 1 aliphatic carbocycles. The summed E-state index contributed by atoms with van der Waals surface area (Å²) < 4.78 is 1.25. The van der Waals surface area contributed by atoms with Gasteiger partial charge in [0.05, 0.1) is 18.4 Å². The van der Waals surface area contributed by atoms with Crippen LogP contribution in [0, 0.1) is 3.57 Å². The van der Waals surface area contributed by atoms with E-state index in [2.05, 4.69) is 62.1 Å². The Balaban J connectivity index is 1.63. The monoisotopic (exact) mass is 367 g/mol. The van der Waals surface area contributed by atoms with Gasteiger partial charge in [-0.15, -0.1) is 0 Å². The van der Waals surface area contributed by atoms with Crippen LogP contribution in [0.3, 0.4) is 0 Å². The molecule has 0 saturated heterocycles. The van der Waals surface area contributed by atoms with Gasteiger partial charge in [-0.1, -0.05) is 25.0 Å². The predicted octanol–water partition coefficient (Wildman–Crippen LogP) is 3.71. The Morgan fingerprint density at radius 1 is 1.21 bits per heavy atom. The SMILES string of the molecule is Ic1ccc(-c2cnc(CNC3CCCC3)[nH]2)cc1. The number of imidazole rings is 1. The molecular weight excluding hydrogens is 349 g/mol. The molecule has 3 rings (SSSR count). The van der Waals surface area contributed by atoms with E-state index in [9.17, 15) is 0 Å². The fraction of sp³-hybridized carbons (Fsp3) is 0.400. The van der Waals surface area contributed by atoms with Crippen molar-refractivity contribution in [3.63, 3.8) is 0 Å². The summed E-state index contributed by atoms with van der Waals surface area (Å²) in [4.78, 5) is 7.85. The van der Waals surface area contributed by atoms with E-state index < -0.39 is 0 Å². The molecule has 0 bridgehead atoms. The maximum atomic E-state index is 4.46. The summed E-state index contributed by atoms with van der Waals surface area (Å²) in [5.74, 6) is 1.03. The number of aromatic amines is 1. The number of nitrogens with zero attached hydrogens (tertiary/aromatic N) is 1. The first-order valence-electron chi connectivity index (χ1n) is 6.84. The minimum atomic E-state index is 0.687. The fourth-order valence-electron chi connectivity index (χ4n) is 2.60. The lowest BCUT2D eigenvalue weighted by Gasteiger charge is -2.09. The molecule has 1 aliphatic rings. The number of aromatic nitrogens is 2. The molecule has 2 N–H and O–H groups in total. The van der Waals surface area contributed by atoms with E-state index in [4.69, 9.17) is 0 Å². The molecule has 2 aromatic rings. The third kappa shape index (κ3) is 3.36. The average Bonchev–Trinajstić information content (AvgIpc) is 3.09. The van der Waals surface area contributed by atoms with Crippen molar-refractivity contribution in [2.75, 3.05) is 0 Å². The zero-order chi connectivity index (χ0) is 13.1. The first-order chi connectivity index (χ1) is 9.31. The van der Waals surface area contributed by atoms with Crippen molar-refractivity contribution in [2.24, 2.45) is 0 Å². The van der Waals surface area contributed by atoms with Gasteiger partial charge in [0.1, 0.15) is 5.82 Å². The predicted molar refractivity (Wildman–Crippen MR) is 85.8 cm³/mol. The molecule has 100 valence electrons. The first kappa shape index (κ1) is 13.1. The quantitative estimate of drug-likeness (QED) is 0.809. The molecule has 1 aromatic heterocycles. The van der Waals surface area contributed by atoms with Gasteiger partial charge in [-0.2, -0.15) is 0 Å². The number of nitrogens with one attached hydrogen (secondary N) is 2. The molecule has 1 aromatic carbocycles. The second-order valence-electron chi connectivity index (χ2n) is 5.11. The third-order valence-corrected chi connectivity index (χ3v) is 4.42. The molecule has 0 aliphatic heterocycles. The molecule has 0 spiro atoms. The van der Waals surface area contributed by atoms with Crippen LogP contribution < -0.4 is 5.32 Å². The van der Waals surface area contributed by atoms with Gasteiger partial charge in [-0.05, 0) is 53.1 Å². The van der Waals surface area contributed by atoms with Crippen LogP contribution in [-0.4, -0.2) is 16.0 Å². The van der Waals surface area contributed by atoms with E-state index in [0.717, 1.165) is 18.1 Å². The minimum Gasteiger partial charge on any atom is -0.341 e. The number of hydrogen-bond donors (Lipinski definition) is 2. The fourth-order valence-corrected chi connectivity index (χ4v) is 2.96. The number of rotatable bonds is 4. The molecule has 0 radical (unpaired) electrons. The maximum absolute atomic E-state index is 4.46. The summed E-state index contributed by atoms with van der Waals surface area (Å²) >= 11 is 2.32. The third-order valence-electron chi connectivity index (χ3n) is 3.70. The Morgan fingerprint density at radius 3 is 2.68 bits per heavy atom. The highest BCUT2D eigenvalue weighted by Crippen LogP contribution is 2.20. The molecule has 4 heteroatoms. The lowest BCUT2D eigenvalue weighted by Crippen LogP contribution is -2.25. The Hall–Kier alpha value is -0.880. The van der Waals surface area contributed by atoms with E-state index >= 15 is 0 Å². The Labute approximate surface area is 127 Å². The van der Waals surface area contributed by atoms with Gasteiger partial charge in [-0.25, -0.2) is 4.98 Å². The second-order valence-corrected chi connectivity index (χ2v) is 6.36. The zero-order valence-corrected chi connectivity index (χ0v) is 13.0. The standard InChI is InChI=1S/C15H18IN3/c16-12-7-5-11(6-8-12)14-9-18-15(19-14)10-17-13-3-1-2-4-13/h5-9,13,17H,1-4,10H2,(H,18,19). The Bertz CT molecular complexity index is 527. The van der Waals surface area contributed by atoms with Crippen LogP contribution in [0.2, 0.25) is 0 Å². The van der Waals surface area contributed by atoms with Crippen molar-refractivity contribution in [1.82, 2.24) is 15.3 Å². The van der Waals surface area contributed by atoms with E-state index in [1.807, 2.05) is 6.20 Å². The van der Waals surface area contributed by atoms with Crippen molar-refractivity contribution in [3.8, 4) is 11.3 Å². The summed E-state index contributed by atoms with van der Waals surface area (Å²) in [5.41, 5.74) is 2.29. The number of benzene rings is 1. The molecule has 1 fully saturated rings. The molecular formula is C15H18IN3. The maximum Gasteiger partial charge on any atom is 0.120 e. The number of halogens is 1. The van der Waals surface area contributed by atoms with Gasteiger partial charge < -0.3 is 10.3 Å². The van der Waals surface area contributed by atoms with Crippen LogP contribution in [0.15, 0.2) is 30.5 Å². The molecule has 0 unspecified atom stereocenters. The van der Waals surface area contributed by atoms with Crippen molar-refractivity contribution < 1.29 is 0 Å². The number of H-pyrrole nitrogens is 1. The van der Waals surface area contributed by atoms with Crippen LogP contribution in [0.4, 0.5) is 0 Å². The summed E-state index contributed by atoms with van der Waals surface area (Å²) in [6, 6.07) is 9.18. The normalized spacial score (nSPS) is 16.1. The van der Waals surface area contributed by atoms with E-state index in [1.54, 1.807) is 0 Å². The highest BCUT2D eigenvalue weighted by Gasteiger charge is 2.14. The van der Waals surface area contributed by atoms with Crippen LogP contribution >= 0.6 is 22.6 Å². The number of hydrogen-bond acceptors (Lipinski definition) is 2. The summed E-state index contributed by atoms with van der Waals surface area (Å²) in [6.45, 7) is 0.842. The Morgan fingerprint density at radius 2 is 1.95 bits per heavy atom. The van der Waals surface area contributed by atoms with E-state index in [-0.39, 0.29) is 0 Å². The summed E-state index contributed by atoms with van der Waals surface area (Å²) in [7, 11) is 0. The van der Waals surface area contributed by atoms with Crippen LogP contribution in [0.25, 0.3) is 11.3 Å². The molecule has 1 saturated carbocycles. The van der Waals surface area contributed by atoms with Gasteiger partial charge >= 0.3 is 0 Å². The molecule has 1 heterocycles. The van der Waals surface area contributed by atoms with Crippen LogP contribution in [0.5, 0.6) is 0 Å². The minimum absolute atomic E-state index is 0.687. The summed E-state index contributed by atoms with van der Waals surface area (Å²) in [5, 5.41) is 3.58. The first-order valence-corrected chi connectivity index (χ1v) is 7.92. The van der Waals surface area contributed by atoms with Crippen molar-refractivity contribution in [1.29, 1.82) is 0 Å². The molecule has 0 amide bonds. The zero-order valence-electron chi connectivity index (χ0n) is 10.8. The van der Waals surface area contributed by atoms with Gasteiger partial charge in [0.25, 0.3) is 0 Å². The lowest BCUT2D eigenvalue weighted by atomic mass is 10.2. The largest absolute Gasteiger partial charge is 0.341 e. The van der Waals surface area contributed by atoms with E-state index in [0.29, 0.717) is 6.04 Å². The van der Waals surface area contributed by atoms with Gasteiger partial charge in [0.2, 0.25) is 0 Å². The van der Waals surface area contributed by atoms with Crippen molar-refractivity contribution >= 4 is 22.6 Å². The topological polar surface area (TPSA) is 40.7 Å². The van der Waals surface area contributed by atoms with Crippen molar-refractivity contribution in [3.05, 3.63) is 39.9 Å². The Kier molecular flexibility index (Phi) is 4.18. The molecule has 3 nitrogen and oxygen atoms in total. The smallest absolute Gasteiger partial charge is 0.120 e. The highest BCUT2D eigenvalue weighted by atomic mass is 127. The second kappa shape index (κ2) is 6.05. The van der Waals surface area contributed by atoms with Crippen LogP contribution in [-0.2, 0) is 6.54 Å². The van der Waals surface area contributed by atoms with E-state index in [1.165, 1.54) is 34.8 Å². The van der Waals surface area contributed by atoms with Crippen LogP contribution in [0.1, 0.15) is 31.5 Å². The van der Waals surface area contributed by atoms with Gasteiger partial charge in [0, 0.05) is 9.61 Å². The van der Waals surface area contributed by atoms with Crippen molar-refractivity contribution in [2.45, 2.75) is 38.3 Å². The van der Waals surface area contributed by atoms with Gasteiger partial charge in [-0.3, -0.25) is 0 Å². The average molecular weight is 367 g/mol. The van der Waals surface area contributed by atoms with Gasteiger partial charge in [0.15, 0.2) is 0 Å². The summed E-state index contributed by atoms with van der Waals surface area (Å²) in [6.07, 6.45) is 7.27.